The largest absolute Gasteiger partial charge is 0.399 e. The molecule has 108 valence electrons. The number of rotatable bonds is 3. The number of amides is 2. The summed E-state index contributed by atoms with van der Waals surface area (Å²) in [6.07, 6.45) is 0. The molecule has 2 aromatic carbocycles. The number of carbonyl (C=O) groups excluding carboxylic acids is 1. The summed E-state index contributed by atoms with van der Waals surface area (Å²) < 4.78 is 0. The number of anilines is 2. The molecule has 1 aliphatic rings. The van der Waals surface area contributed by atoms with Crippen LogP contribution in [0.4, 0.5) is 16.2 Å². The minimum absolute atomic E-state index is 0.0229. The summed E-state index contributed by atoms with van der Waals surface area (Å²) in [5.74, 6) is 0. The first-order valence-corrected chi connectivity index (χ1v) is 7.18. The molecule has 0 aliphatic carbocycles. The third kappa shape index (κ3) is 2.95. The van der Waals surface area contributed by atoms with Crippen molar-refractivity contribution >= 4 is 29.0 Å². The number of nitrogens with zero attached hydrogens (tertiary/aromatic N) is 2. The molecular formula is C16H16ClN3O. The Labute approximate surface area is 128 Å². The van der Waals surface area contributed by atoms with Crippen molar-refractivity contribution in [3.8, 4) is 0 Å². The number of nitrogens with two attached hydrogens (primary N) is 1. The van der Waals surface area contributed by atoms with Gasteiger partial charge in [0.25, 0.3) is 0 Å². The lowest BCUT2D eigenvalue weighted by Crippen LogP contribution is -2.31. The number of carbonyl (C=O) groups is 1. The predicted octanol–water partition coefficient (Wildman–Crippen LogP) is 3.36. The molecule has 0 radical (unpaired) electrons. The van der Waals surface area contributed by atoms with Gasteiger partial charge in [0.2, 0.25) is 0 Å². The van der Waals surface area contributed by atoms with E-state index in [1.807, 2.05) is 53.4 Å². The normalized spacial score (nSPS) is 14.8. The second kappa shape index (κ2) is 5.66. The summed E-state index contributed by atoms with van der Waals surface area (Å²) in [6, 6.07) is 15.0. The molecule has 3 rings (SSSR count). The topological polar surface area (TPSA) is 49.6 Å². The standard InChI is InChI=1S/C16H16ClN3O/c17-13-3-1-12(2-4-13)11-19-9-10-20(16(19)21)15-7-5-14(18)6-8-15/h1-8H,9-11,18H2. The van der Waals surface area contributed by atoms with Gasteiger partial charge in [-0.1, -0.05) is 23.7 Å². The molecule has 0 aromatic heterocycles. The van der Waals surface area contributed by atoms with Crippen LogP contribution in [0.1, 0.15) is 5.56 Å². The van der Waals surface area contributed by atoms with Crippen molar-refractivity contribution in [1.29, 1.82) is 0 Å². The molecule has 1 heterocycles. The van der Waals surface area contributed by atoms with E-state index in [1.54, 1.807) is 4.90 Å². The monoisotopic (exact) mass is 301 g/mol. The lowest BCUT2D eigenvalue weighted by Gasteiger charge is -2.19. The zero-order chi connectivity index (χ0) is 14.8. The van der Waals surface area contributed by atoms with Crippen molar-refractivity contribution in [2.24, 2.45) is 0 Å². The van der Waals surface area contributed by atoms with Crippen LogP contribution in [0.5, 0.6) is 0 Å². The maximum atomic E-state index is 12.5. The van der Waals surface area contributed by atoms with Gasteiger partial charge in [-0.25, -0.2) is 4.79 Å². The van der Waals surface area contributed by atoms with E-state index in [2.05, 4.69) is 0 Å². The van der Waals surface area contributed by atoms with E-state index in [9.17, 15) is 4.79 Å². The van der Waals surface area contributed by atoms with E-state index in [1.165, 1.54) is 0 Å². The maximum Gasteiger partial charge on any atom is 0.324 e. The molecule has 2 aromatic rings. The van der Waals surface area contributed by atoms with Gasteiger partial charge in [-0.3, -0.25) is 4.90 Å². The molecular weight excluding hydrogens is 286 g/mol. The van der Waals surface area contributed by atoms with Gasteiger partial charge in [-0.2, -0.15) is 0 Å². The first kappa shape index (κ1) is 13.8. The predicted molar refractivity (Wildman–Crippen MR) is 85.5 cm³/mol. The zero-order valence-corrected chi connectivity index (χ0v) is 12.3. The van der Waals surface area contributed by atoms with Crippen LogP contribution in [0.25, 0.3) is 0 Å². The number of hydrogen-bond acceptors (Lipinski definition) is 2. The number of nitrogen functional groups attached to an aromatic ring is 1. The van der Waals surface area contributed by atoms with E-state index in [-0.39, 0.29) is 6.03 Å². The highest BCUT2D eigenvalue weighted by Crippen LogP contribution is 2.23. The smallest absolute Gasteiger partial charge is 0.324 e. The quantitative estimate of drug-likeness (QED) is 0.884. The summed E-state index contributed by atoms with van der Waals surface area (Å²) in [5, 5.41) is 0.704. The van der Waals surface area contributed by atoms with Gasteiger partial charge in [0, 0.05) is 36.0 Å². The Morgan fingerprint density at radius 3 is 2.33 bits per heavy atom. The van der Waals surface area contributed by atoms with E-state index in [4.69, 9.17) is 17.3 Å². The average molecular weight is 302 g/mol. The van der Waals surface area contributed by atoms with Gasteiger partial charge in [-0.05, 0) is 42.0 Å². The van der Waals surface area contributed by atoms with Crippen LogP contribution in [0.15, 0.2) is 48.5 Å². The summed E-state index contributed by atoms with van der Waals surface area (Å²) in [6.45, 7) is 2.00. The number of halogens is 1. The Balaban J connectivity index is 1.71. The molecule has 2 amide bonds. The molecule has 0 unspecified atom stereocenters. The van der Waals surface area contributed by atoms with Crippen LogP contribution in [-0.2, 0) is 6.54 Å². The Kier molecular flexibility index (Phi) is 3.71. The maximum absolute atomic E-state index is 12.5. The Morgan fingerprint density at radius 2 is 1.67 bits per heavy atom. The Hall–Kier alpha value is -2.20. The van der Waals surface area contributed by atoms with E-state index in [0.29, 0.717) is 30.3 Å². The van der Waals surface area contributed by atoms with Crippen molar-refractivity contribution in [2.45, 2.75) is 6.54 Å². The molecule has 2 N–H and O–H groups in total. The first-order valence-electron chi connectivity index (χ1n) is 6.80. The molecule has 0 atom stereocenters. The second-order valence-corrected chi connectivity index (χ2v) is 5.51. The molecule has 0 spiro atoms. The third-order valence-corrected chi connectivity index (χ3v) is 3.84. The number of benzene rings is 2. The van der Waals surface area contributed by atoms with Crippen molar-refractivity contribution in [2.75, 3.05) is 23.7 Å². The van der Waals surface area contributed by atoms with Gasteiger partial charge in [0.1, 0.15) is 0 Å². The summed E-state index contributed by atoms with van der Waals surface area (Å²) in [4.78, 5) is 16.1. The molecule has 1 fully saturated rings. The van der Waals surface area contributed by atoms with Gasteiger partial charge in [-0.15, -0.1) is 0 Å². The molecule has 21 heavy (non-hydrogen) atoms. The molecule has 1 aliphatic heterocycles. The minimum atomic E-state index is 0.0229. The fraction of sp³-hybridized carbons (Fsp3) is 0.188. The Morgan fingerprint density at radius 1 is 1.00 bits per heavy atom. The molecule has 5 heteroatoms. The highest BCUT2D eigenvalue weighted by atomic mass is 35.5. The SMILES string of the molecule is Nc1ccc(N2CCN(Cc3ccc(Cl)cc3)C2=O)cc1. The van der Waals surface area contributed by atoms with Crippen LogP contribution < -0.4 is 10.6 Å². The van der Waals surface area contributed by atoms with E-state index in [0.717, 1.165) is 11.3 Å². The number of urea groups is 1. The number of hydrogen-bond donors (Lipinski definition) is 1. The van der Waals surface area contributed by atoms with Crippen molar-refractivity contribution in [3.05, 3.63) is 59.1 Å². The van der Waals surface area contributed by atoms with Crippen molar-refractivity contribution in [3.63, 3.8) is 0 Å². The lowest BCUT2D eigenvalue weighted by atomic mass is 10.2. The lowest BCUT2D eigenvalue weighted by molar-refractivity contribution is 0.219. The molecule has 0 bridgehead atoms. The fourth-order valence-electron chi connectivity index (χ4n) is 2.43. The van der Waals surface area contributed by atoms with Crippen LogP contribution in [0, 0.1) is 0 Å². The van der Waals surface area contributed by atoms with E-state index >= 15 is 0 Å². The van der Waals surface area contributed by atoms with Crippen LogP contribution in [-0.4, -0.2) is 24.0 Å². The molecule has 4 nitrogen and oxygen atoms in total. The first-order chi connectivity index (χ1) is 10.1. The highest BCUT2D eigenvalue weighted by Gasteiger charge is 2.29. The van der Waals surface area contributed by atoms with Crippen molar-refractivity contribution in [1.82, 2.24) is 4.90 Å². The second-order valence-electron chi connectivity index (χ2n) is 5.07. The summed E-state index contributed by atoms with van der Waals surface area (Å²) >= 11 is 5.87. The molecule has 1 saturated heterocycles. The van der Waals surface area contributed by atoms with Crippen LogP contribution in [0.3, 0.4) is 0 Å². The van der Waals surface area contributed by atoms with Crippen LogP contribution >= 0.6 is 11.6 Å². The molecule has 0 saturated carbocycles. The summed E-state index contributed by atoms with van der Waals surface area (Å²) in [5.41, 5.74) is 8.33. The average Bonchev–Trinajstić information content (AvgIpc) is 2.84. The Bertz CT molecular complexity index is 640. The zero-order valence-electron chi connectivity index (χ0n) is 11.5. The van der Waals surface area contributed by atoms with Gasteiger partial charge >= 0.3 is 6.03 Å². The highest BCUT2D eigenvalue weighted by molar-refractivity contribution is 6.30. The van der Waals surface area contributed by atoms with Crippen molar-refractivity contribution < 1.29 is 4.79 Å². The van der Waals surface area contributed by atoms with Gasteiger partial charge in [0.15, 0.2) is 0 Å². The minimum Gasteiger partial charge on any atom is -0.399 e. The fourth-order valence-corrected chi connectivity index (χ4v) is 2.56. The third-order valence-electron chi connectivity index (χ3n) is 3.59. The van der Waals surface area contributed by atoms with E-state index < -0.39 is 0 Å². The van der Waals surface area contributed by atoms with Gasteiger partial charge in [0.05, 0.1) is 0 Å². The van der Waals surface area contributed by atoms with Gasteiger partial charge < -0.3 is 10.6 Å². The summed E-state index contributed by atoms with van der Waals surface area (Å²) in [7, 11) is 0. The van der Waals surface area contributed by atoms with Crippen LogP contribution in [0.2, 0.25) is 5.02 Å².